The maximum absolute atomic E-state index is 9.92. The van der Waals surface area contributed by atoms with Crippen LogP contribution >= 0.6 is 0 Å². The van der Waals surface area contributed by atoms with Gasteiger partial charge < -0.3 is 4.90 Å². The van der Waals surface area contributed by atoms with E-state index >= 15 is 0 Å². The molecule has 0 unspecified atom stereocenters. The molecular weight excluding hydrogens is 400 g/mol. The molecule has 0 spiro atoms. The van der Waals surface area contributed by atoms with Gasteiger partial charge in [0.25, 0.3) is 0 Å². The molecule has 2 nitrogen and oxygen atoms in total. The van der Waals surface area contributed by atoms with E-state index < -0.39 is 0 Å². The lowest BCUT2D eigenvalue weighted by Crippen LogP contribution is -2.09. The SMILES string of the molecule is N#C/C(=C\c1cccc2ccccc12)c1ccc(N(c2ccccc2)c2ccccc2)cc1. The third kappa shape index (κ3) is 4.26. The highest BCUT2D eigenvalue weighted by molar-refractivity contribution is 5.98. The Morgan fingerprint density at radius 3 is 1.76 bits per heavy atom. The molecule has 0 radical (unpaired) electrons. The van der Waals surface area contributed by atoms with E-state index in [1.807, 2.05) is 72.8 Å². The number of allylic oxidation sites excluding steroid dienone is 1. The van der Waals surface area contributed by atoms with Gasteiger partial charge in [0.05, 0.1) is 11.6 Å². The Morgan fingerprint density at radius 1 is 0.576 bits per heavy atom. The van der Waals surface area contributed by atoms with Gasteiger partial charge in [-0.25, -0.2) is 0 Å². The first-order chi connectivity index (χ1) is 16.3. The number of hydrogen-bond donors (Lipinski definition) is 0. The highest BCUT2D eigenvalue weighted by atomic mass is 15.1. The minimum Gasteiger partial charge on any atom is -0.311 e. The van der Waals surface area contributed by atoms with Crippen molar-refractivity contribution < 1.29 is 0 Å². The van der Waals surface area contributed by atoms with Crippen molar-refractivity contribution in [3.05, 3.63) is 139 Å². The second-order valence-electron chi connectivity index (χ2n) is 7.79. The number of benzene rings is 5. The molecule has 0 amide bonds. The minimum absolute atomic E-state index is 0.642. The van der Waals surface area contributed by atoms with Gasteiger partial charge in [-0.2, -0.15) is 5.26 Å². The summed E-state index contributed by atoms with van der Waals surface area (Å²) >= 11 is 0. The fourth-order valence-corrected chi connectivity index (χ4v) is 4.10. The molecule has 0 N–H and O–H groups in total. The van der Waals surface area contributed by atoms with Gasteiger partial charge in [0.1, 0.15) is 0 Å². The van der Waals surface area contributed by atoms with E-state index in [1.54, 1.807) is 0 Å². The van der Waals surface area contributed by atoms with E-state index in [9.17, 15) is 5.26 Å². The normalized spacial score (nSPS) is 11.2. The highest BCUT2D eigenvalue weighted by Gasteiger charge is 2.12. The molecular formula is C31H22N2. The summed E-state index contributed by atoms with van der Waals surface area (Å²) in [4.78, 5) is 2.21. The van der Waals surface area contributed by atoms with E-state index in [4.69, 9.17) is 0 Å². The van der Waals surface area contributed by atoms with Crippen LogP contribution in [0.4, 0.5) is 17.1 Å². The monoisotopic (exact) mass is 422 g/mol. The summed E-state index contributed by atoms with van der Waals surface area (Å²) in [6.45, 7) is 0. The van der Waals surface area contributed by atoms with Crippen LogP contribution in [0.2, 0.25) is 0 Å². The van der Waals surface area contributed by atoms with Crippen LogP contribution in [-0.2, 0) is 0 Å². The Morgan fingerprint density at radius 2 is 1.12 bits per heavy atom. The number of hydrogen-bond acceptors (Lipinski definition) is 2. The fraction of sp³-hybridized carbons (Fsp3) is 0. The maximum atomic E-state index is 9.92. The summed E-state index contributed by atoms with van der Waals surface area (Å²) in [5.41, 5.74) is 5.80. The number of rotatable bonds is 5. The Kier molecular flexibility index (Phi) is 5.70. The smallest absolute Gasteiger partial charge is 0.0998 e. The number of anilines is 3. The molecule has 0 aliphatic carbocycles. The van der Waals surface area contributed by atoms with Gasteiger partial charge in [0.15, 0.2) is 0 Å². The van der Waals surface area contributed by atoms with Gasteiger partial charge in [0.2, 0.25) is 0 Å². The first-order valence-corrected chi connectivity index (χ1v) is 10.9. The van der Waals surface area contributed by atoms with Crippen molar-refractivity contribution in [2.45, 2.75) is 0 Å². The zero-order chi connectivity index (χ0) is 22.5. The fourth-order valence-electron chi connectivity index (χ4n) is 4.10. The molecule has 33 heavy (non-hydrogen) atoms. The van der Waals surface area contributed by atoms with E-state index in [0.29, 0.717) is 5.57 Å². The summed E-state index contributed by atoms with van der Waals surface area (Å²) in [6, 6.07) is 45.6. The summed E-state index contributed by atoms with van der Waals surface area (Å²) in [7, 11) is 0. The summed E-state index contributed by atoms with van der Waals surface area (Å²) in [5, 5.41) is 12.2. The molecule has 0 aromatic heterocycles. The maximum Gasteiger partial charge on any atom is 0.0998 e. The van der Waals surface area contributed by atoms with E-state index in [1.165, 1.54) is 5.39 Å². The van der Waals surface area contributed by atoms with Gasteiger partial charge >= 0.3 is 0 Å². The minimum atomic E-state index is 0.642. The third-order valence-corrected chi connectivity index (χ3v) is 5.71. The van der Waals surface area contributed by atoms with Crippen molar-refractivity contribution in [2.24, 2.45) is 0 Å². The summed E-state index contributed by atoms with van der Waals surface area (Å²) in [6.07, 6.45) is 1.98. The van der Waals surface area contributed by atoms with Gasteiger partial charge in [0, 0.05) is 17.1 Å². The van der Waals surface area contributed by atoms with Crippen molar-refractivity contribution in [2.75, 3.05) is 4.90 Å². The van der Waals surface area contributed by atoms with Crippen molar-refractivity contribution >= 4 is 39.5 Å². The van der Waals surface area contributed by atoms with Crippen LogP contribution in [0.25, 0.3) is 22.4 Å². The van der Waals surface area contributed by atoms with Crippen LogP contribution in [-0.4, -0.2) is 0 Å². The third-order valence-electron chi connectivity index (χ3n) is 5.71. The predicted molar refractivity (Wildman–Crippen MR) is 139 cm³/mol. The Labute approximate surface area is 194 Å². The number of nitriles is 1. The Balaban J connectivity index is 1.54. The molecule has 0 saturated heterocycles. The van der Waals surface area contributed by atoms with E-state index in [2.05, 4.69) is 71.6 Å². The van der Waals surface area contributed by atoms with Crippen LogP contribution in [0.15, 0.2) is 127 Å². The number of para-hydroxylation sites is 2. The first-order valence-electron chi connectivity index (χ1n) is 10.9. The Bertz CT molecular complexity index is 1400. The van der Waals surface area contributed by atoms with Gasteiger partial charge in [-0.3, -0.25) is 0 Å². The lowest BCUT2D eigenvalue weighted by Gasteiger charge is -2.25. The quantitative estimate of drug-likeness (QED) is 0.210. The molecule has 0 fully saturated rings. The summed E-state index contributed by atoms with van der Waals surface area (Å²) < 4.78 is 0. The average Bonchev–Trinajstić information content (AvgIpc) is 2.89. The van der Waals surface area contributed by atoms with Gasteiger partial charge in [-0.1, -0.05) is 91.0 Å². The van der Waals surface area contributed by atoms with Crippen LogP contribution in [0.3, 0.4) is 0 Å². The highest BCUT2D eigenvalue weighted by Crippen LogP contribution is 2.35. The van der Waals surface area contributed by atoms with Crippen LogP contribution in [0.1, 0.15) is 11.1 Å². The second kappa shape index (κ2) is 9.26. The standard InChI is InChI=1S/C31H22N2/c32-23-27(22-26-12-9-11-25-10-7-8-17-31(25)26)24-18-20-30(21-19-24)33(28-13-3-1-4-14-28)29-15-5-2-6-16-29/h1-22H/b27-22+. The molecule has 5 aromatic rings. The van der Waals surface area contributed by atoms with Crippen LogP contribution in [0.5, 0.6) is 0 Å². The molecule has 0 heterocycles. The molecule has 156 valence electrons. The van der Waals surface area contributed by atoms with Gasteiger partial charge in [-0.05, 0) is 64.4 Å². The molecule has 0 saturated carbocycles. The molecule has 0 aliphatic rings. The zero-order valence-electron chi connectivity index (χ0n) is 18.1. The molecule has 0 aliphatic heterocycles. The van der Waals surface area contributed by atoms with Crippen LogP contribution in [0, 0.1) is 11.3 Å². The van der Waals surface area contributed by atoms with E-state index in [-0.39, 0.29) is 0 Å². The number of fused-ring (bicyclic) bond motifs is 1. The molecule has 5 rings (SSSR count). The van der Waals surface area contributed by atoms with Crippen molar-refractivity contribution in [1.82, 2.24) is 0 Å². The first kappa shape index (κ1) is 20.3. The lowest BCUT2D eigenvalue weighted by molar-refractivity contribution is 1.28. The molecule has 0 atom stereocenters. The van der Waals surface area contributed by atoms with Crippen LogP contribution < -0.4 is 4.90 Å². The molecule has 0 bridgehead atoms. The molecule has 5 aromatic carbocycles. The van der Waals surface area contributed by atoms with Gasteiger partial charge in [-0.15, -0.1) is 0 Å². The molecule has 2 heteroatoms. The summed E-state index contributed by atoms with van der Waals surface area (Å²) in [5.74, 6) is 0. The predicted octanol–water partition coefficient (Wildman–Crippen LogP) is 8.37. The zero-order valence-corrected chi connectivity index (χ0v) is 18.1. The lowest BCUT2D eigenvalue weighted by atomic mass is 9.99. The van der Waals surface area contributed by atoms with Crippen molar-refractivity contribution in [3.8, 4) is 6.07 Å². The second-order valence-corrected chi connectivity index (χ2v) is 7.79. The average molecular weight is 423 g/mol. The number of nitrogens with zero attached hydrogens (tertiary/aromatic N) is 2. The van der Waals surface area contributed by atoms with Crippen molar-refractivity contribution in [3.63, 3.8) is 0 Å². The Hall–Kier alpha value is -4.61. The topological polar surface area (TPSA) is 27.0 Å². The van der Waals surface area contributed by atoms with E-state index in [0.717, 1.165) is 33.6 Å². The largest absolute Gasteiger partial charge is 0.311 e. The van der Waals surface area contributed by atoms with Crippen molar-refractivity contribution in [1.29, 1.82) is 5.26 Å².